The summed E-state index contributed by atoms with van der Waals surface area (Å²) in [6.07, 6.45) is 2.50. The third-order valence-corrected chi connectivity index (χ3v) is 4.62. The molecular weight excluding hydrogens is 250 g/mol. The number of carbonyl (C=O) groups is 1. The first kappa shape index (κ1) is 13.1. The van der Waals surface area contributed by atoms with Crippen LogP contribution in [0.2, 0.25) is 0 Å². The number of nitrogens with one attached hydrogen (secondary N) is 1. The van der Waals surface area contributed by atoms with Crippen LogP contribution in [0.3, 0.4) is 0 Å². The van der Waals surface area contributed by atoms with E-state index in [9.17, 15) is 9.90 Å². The highest BCUT2D eigenvalue weighted by molar-refractivity contribution is 5.84. The van der Waals surface area contributed by atoms with E-state index in [2.05, 4.69) is 29.6 Å². The highest BCUT2D eigenvalue weighted by atomic mass is 16.4. The summed E-state index contributed by atoms with van der Waals surface area (Å²) in [5.74, 6) is -0.684. The van der Waals surface area contributed by atoms with Gasteiger partial charge in [0.1, 0.15) is 0 Å². The SMILES string of the molecule is CNC(c1ccc2ccccc2c1)C1(C(=O)O)CCC1. The Hall–Kier alpha value is -1.87. The molecule has 0 bridgehead atoms. The van der Waals surface area contributed by atoms with Crippen LogP contribution in [0.1, 0.15) is 30.9 Å². The van der Waals surface area contributed by atoms with Crippen molar-refractivity contribution in [1.29, 1.82) is 0 Å². The van der Waals surface area contributed by atoms with Crippen LogP contribution >= 0.6 is 0 Å². The van der Waals surface area contributed by atoms with Crippen LogP contribution < -0.4 is 5.32 Å². The number of benzene rings is 2. The van der Waals surface area contributed by atoms with Gasteiger partial charge in [0.05, 0.1) is 5.41 Å². The summed E-state index contributed by atoms with van der Waals surface area (Å²) in [4.78, 5) is 11.7. The molecule has 0 amide bonds. The number of hydrogen-bond acceptors (Lipinski definition) is 2. The number of rotatable bonds is 4. The Morgan fingerprint density at radius 1 is 1.20 bits per heavy atom. The fraction of sp³-hybridized carbons (Fsp3) is 0.353. The van der Waals surface area contributed by atoms with Gasteiger partial charge < -0.3 is 10.4 Å². The number of carboxylic acids is 1. The maximum Gasteiger partial charge on any atom is 0.311 e. The van der Waals surface area contributed by atoms with E-state index < -0.39 is 11.4 Å². The van der Waals surface area contributed by atoms with Crippen molar-refractivity contribution in [1.82, 2.24) is 5.32 Å². The van der Waals surface area contributed by atoms with Crippen molar-refractivity contribution in [2.24, 2.45) is 5.41 Å². The standard InChI is InChI=1S/C17H19NO2/c1-18-15(17(16(19)20)9-4-10-17)14-8-7-12-5-2-3-6-13(12)11-14/h2-3,5-8,11,15,18H,4,9-10H2,1H3,(H,19,20). The zero-order valence-electron chi connectivity index (χ0n) is 11.6. The molecule has 20 heavy (non-hydrogen) atoms. The van der Waals surface area contributed by atoms with Crippen molar-refractivity contribution in [3.05, 3.63) is 48.0 Å². The molecule has 3 heteroatoms. The minimum absolute atomic E-state index is 0.127. The second-order valence-electron chi connectivity index (χ2n) is 5.64. The first-order valence-corrected chi connectivity index (χ1v) is 7.07. The molecule has 2 aromatic carbocycles. The van der Waals surface area contributed by atoms with Crippen molar-refractivity contribution in [2.75, 3.05) is 7.05 Å². The molecule has 1 saturated carbocycles. The maximum atomic E-state index is 11.7. The molecule has 0 saturated heterocycles. The summed E-state index contributed by atoms with van der Waals surface area (Å²) in [6.45, 7) is 0. The molecule has 2 aromatic rings. The molecule has 3 rings (SSSR count). The summed E-state index contributed by atoms with van der Waals surface area (Å²) in [5.41, 5.74) is 0.422. The van der Waals surface area contributed by atoms with Crippen LogP contribution in [0.25, 0.3) is 10.8 Å². The Morgan fingerprint density at radius 2 is 1.90 bits per heavy atom. The summed E-state index contributed by atoms with van der Waals surface area (Å²) in [5, 5.41) is 15.2. The second kappa shape index (κ2) is 4.91. The minimum Gasteiger partial charge on any atom is -0.481 e. The Labute approximate surface area is 118 Å². The average molecular weight is 269 g/mol. The number of fused-ring (bicyclic) bond motifs is 1. The van der Waals surface area contributed by atoms with E-state index in [0.29, 0.717) is 0 Å². The Bertz CT molecular complexity index is 646. The van der Waals surface area contributed by atoms with Crippen LogP contribution in [-0.4, -0.2) is 18.1 Å². The molecule has 104 valence electrons. The van der Waals surface area contributed by atoms with Gasteiger partial charge in [0.25, 0.3) is 0 Å². The van der Waals surface area contributed by atoms with E-state index in [1.165, 1.54) is 5.39 Å². The van der Waals surface area contributed by atoms with Gasteiger partial charge in [-0.2, -0.15) is 0 Å². The minimum atomic E-state index is -0.684. The van der Waals surface area contributed by atoms with E-state index in [4.69, 9.17) is 0 Å². The molecule has 1 aliphatic carbocycles. The van der Waals surface area contributed by atoms with Crippen molar-refractivity contribution in [3.8, 4) is 0 Å². The molecule has 1 aliphatic rings. The van der Waals surface area contributed by atoms with Crippen LogP contribution in [0, 0.1) is 5.41 Å². The monoisotopic (exact) mass is 269 g/mol. The summed E-state index contributed by atoms with van der Waals surface area (Å²) < 4.78 is 0. The van der Waals surface area contributed by atoms with E-state index in [1.807, 2.05) is 25.2 Å². The molecule has 0 spiro atoms. The summed E-state index contributed by atoms with van der Waals surface area (Å²) in [6, 6.07) is 14.3. The lowest BCUT2D eigenvalue weighted by Gasteiger charge is -2.44. The molecule has 2 N–H and O–H groups in total. The van der Waals surface area contributed by atoms with Gasteiger partial charge in [0.15, 0.2) is 0 Å². The van der Waals surface area contributed by atoms with Crippen molar-refractivity contribution < 1.29 is 9.90 Å². The molecule has 1 fully saturated rings. The smallest absolute Gasteiger partial charge is 0.311 e. The van der Waals surface area contributed by atoms with E-state index in [-0.39, 0.29) is 6.04 Å². The van der Waals surface area contributed by atoms with Crippen molar-refractivity contribution >= 4 is 16.7 Å². The molecule has 1 atom stereocenters. The molecule has 3 nitrogen and oxygen atoms in total. The maximum absolute atomic E-state index is 11.7. The highest BCUT2D eigenvalue weighted by Gasteiger charge is 2.50. The van der Waals surface area contributed by atoms with Gasteiger partial charge in [0, 0.05) is 6.04 Å². The third kappa shape index (κ3) is 1.90. The van der Waals surface area contributed by atoms with Crippen molar-refractivity contribution in [3.63, 3.8) is 0 Å². The predicted octanol–water partition coefficient (Wildman–Crippen LogP) is 3.36. The second-order valence-corrected chi connectivity index (χ2v) is 5.64. The number of aliphatic carboxylic acids is 1. The number of carboxylic acid groups (broad SMARTS) is 1. The van der Waals surface area contributed by atoms with Crippen LogP contribution in [0.15, 0.2) is 42.5 Å². The normalized spacial score (nSPS) is 18.4. The van der Waals surface area contributed by atoms with Crippen LogP contribution in [0.5, 0.6) is 0 Å². The van der Waals surface area contributed by atoms with Gasteiger partial charge in [-0.15, -0.1) is 0 Å². The van der Waals surface area contributed by atoms with Crippen LogP contribution in [-0.2, 0) is 4.79 Å². The molecule has 0 aliphatic heterocycles. The van der Waals surface area contributed by atoms with Gasteiger partial charge in [-0.3, -0.25) is 4.79 Å². The van der Waals surface area contributed by atoms with Gasteiger partial charge in [-0.1, -0.05) is 42.8 Å². The van der Waals surface area contributed by atoms with E-state index >= 15 is 0 Å². The molecule has 0 heterocycles. The highest BCUT2D eigenvalue weighted by Crippen LogP contribution is 2.50. The fourth-order valence-electron chi connectivity index (χ4n) is 3.33. The zero-order chi connectivity index (χ0) is 14.2. The van der Waals surface area contributed by atoms with Crippen LogP contribution in [0.4, 0.5) is 0 Å². The van der Waals surface area contributed by atoms with Gasteiger partial charge in [-0.25, -0.2) is 0 Å². The lowest BCUT2D eigenvalue weighted by molar-refractivity contribution is -0.157. The summed E-state index contributed by atoms with van der Waals surface area (Å²) in [7, 11) is 1.85. The lowest BCUT2D eigenvalue weighted by Crippen LogP contribution is -2.47. The Kier molecular flexibility index (Phi) is 3.22. The Balaban J connectivity index is 2.05. The molecular formula is C17H19NO2. The molecule has 0 radical (unpaired) electrons. The van der Waals surface area contributed by atoms with Gasteiger partial charge in [0.2, 0.25) is 0 Å². The van der Waals surface area contributed by atoms with E-state index in [0.717, 1.165) is 30.2 Å². The van der Waals surface area contributed by atoms with E-state index in [1.54, 1.807) is 0 Å². The Morgan fingerprint density at radius 3 is 2.45 bits per heavy atom. The third-order valence-electron chi connectivity index (χ3n) is 4.62. The topological polar surface area (TPSA) is 49.3 Å². The lowest BCUT2D eigenvalue weighted by atomic mass is 9.62. The predicted molar refractivity (Wildman–Crippen MR) is 79.7 cm³/mol. The first-order chi connectivity index (χ1) is 9.67. The number of hydrogen-bond donors (Lipinski definition) is 2. The molecule has 0 aromatic heterocycles. The fourth-order valence-corrected chi connectivity index (χ4v) is 3.33. The average Bonchev–Trinajstić information content (AvgIpc) is 2.41. The van der Waals surface area contributed by atoms with Gasteiger partial charge in [-0.05, 0) is 42.3 Å². The van der Waals surface area contributed by atoms with Gasteiger partial charge >= 0.3 is 5.97 Å². The summed E-state index contributed by atoms with van der Waals surface area (Å²) >= 11 is 0. The first-order valence-electron chi connectivity index (χ1n) is 7.07. The molecule has 1 unspecified atom stereocenters. The quantitative estimate of drug-likeness (QED) is 0.894. The zero-order valence-corrected chi connectivity index (χ0v) is 11.6. The van der Waals surface area contributed by atoms with Crippen molar-refractivity contribution in [2.45, 2.75) is 25.3 Å². The largest absolute Gasteiger partial charge is 0.481 e.